The summed E-state index contributed by atoms with van der Waals surface area (Å²) >= 11 is 0. The van der Waals surface area contributed by atoms with Crippen LogP contribution in [0.4, 0.5) is 0 Å². The Kier molecular flexibility index (Phi) is 3.57. The first-order valence-corrected chi connectivity index (χ1v) is 7.94. The van der Waals surface area contributed by atoms with E-state index in [2.05, 4.69) is 0 Å². The largest absolute Gasteiger partial charge is 0.486 e. The molecule has 1 atom stereocenters. The molecule has 2 aromatic carbocycles. The van der Waals surface area contributed by atoms with Crippen LogP contribution in [0.25, 0.3) is 0 Å². The summed E-state index contributed by atoms with van der Waals surface area (Å²) in [4.78, 5) is 0.357. The maximum Gasteiger partial charge on any atom is 0.206 e. The minimum atomic E-state index is -3.59. The van der Waals surface area contributed by atoms with Crippen LogP contribution in [0, 0.1) is 0 Å². The predicted molar refractivity (Wildman–Crippen MR) is 75.3 cm³/mol. The number of aliphatic hydroxyl groups excluding tert-OH is 1. The van der Waals surface area contributed by atoms with Crippen LogP contribution in [0.3, 0.4) is 0 Å². The molecule has 0 aliphatic carbocycles. The third-order valence-electron chi connectivity index (χ3n) is 3.20. The molecule has 0 fully saturated rings. The van der Waals surface area contributed by atoms with Crippen LogP contribution in [0.2, 0.25) is 0 Å². The van der Waals surface area contributed by atoms with Gasteiger partial charge in [0, 0.05) is 6.07 Å². The molecular weight excluding hydrogens is 292 g/mol. The minimum absolute atomic E-state index is 0.134. The Morgan fingerprint density at radius 3 is 2.52 bits per heavy atom. The van der Waals surface area contributed by atoms with Crippen LogP contribution in [0.5, 0.6) is 11.5 Å². The molecule has 0 saturated carbocycles. The Morgan fingerprint density at radius 2 is 1.81 bits per heavy atom. The summed E-state index contributed by atoms with van der Waals surface area (Å²) in [5, 5.41) is 9.10. The summed E-state index contributed by atoms with van der Waals surface area (Å²) in [6.45, 7) is 0.0589. The standard InChI is InChI=1S/C15H14O5S/c16-9-11-10-19-14-7-6-13(8-15(14)20-11)21(17,18)12-4-2-1-3-5-12/h1-8,11,16H,9-10H2. The molecule has 0 saturated heterocycles. The molecule has 0 aromatic heterocycles. The van der Waals surface area contributed by atoms with Crippen molar-refractivity contribution in [2.45, 2.75) is 15.9 Å². The quantitative estimate of drug-likeness (QED) is 0.933. The van der Waals surface area contributed by atoms with E-state index >= 15 is 0 Å². The molecule has 2 aromatic rings. The zero-order valence-electron chi connectivity index (χ0n) is 11.1. The Balaban J connectivity index is 2.01. The van der Waals surface area contributed by atoms with Crippen LogP contribution in [-0.2, 0) is 9.84 Å². The van der Waals surface area contributed by atoms with Gasteiger partial charge < -0.3 is 14.6 Å². The van der Waals surface area contributed by atoms with E-state index in [9.17, 15) is 8.42 Å². The number of ether oxygens (including phenoxy) is 2. The van der Waals surface area contributed by atoms with E-state index in [4.69, 9.17) is 14.6 Å². The summed E-state index contributed by atoms with van der Waals surface area (Å²) in [5.41, 5.74) is 0. The highest BCUT2D eigenvalue weighted by Crippen LogP contribution is 2.35. The van der Waals surface area contributed by atoms with E-state index in [1.165, 1.54) is 12.1 Å². The van der Waals surface area contributed by atoms with E-state index in [0.717, 1.165) is 0 Å². The zero-order chi connectivity index (χ0) is 14.9. The molecule has 0 amide bonds. The van der Waals surface area contributed by atoms with Crippen molar-refractivity contribution in [1.29, 1.82) is 0 Å². The van der Waals surface area contributed by atoms with Gasteiger partial charge in [-0.05, 0) is 24.3 Å². The highest BCUT2D eigenvalue weighted by molar-refractivity contribution is 7.91. The molecule has 6 heteroatoms. The Labute approximate surface area is 122 Å². The van der Waals surface area contributed by atoms with Gasteiger partial charge in [-0.3, -0.25) is 0 Å². The lowest BCUT2D eigenvalue weighted by molar-refractivity contribution is 0.0453. The molecular formula is C15H14O5S. The van der Waals surface area contributed by atoms with Crippen LogP contribution in [-0.4, -0.2) is 32.8 Å². The fraction of sp³-hybridized carbons (Fsp3) is 0.200. The molecule has 1 N–H and O–H groups in total. The van der Waals surface area contributed by atoms with Gasteiger partial charge in [-0.1, -0.05) is 18.2 Å². The van der Waals surface area contributed by atoms with Gasteiger partial charge >= 0.3 is 0 Å². The highest BCUT2D eigenvalue weighted by Gasteiger charge is 2.24. The van der Waals surface area contributed by atoms with E-state index in [0.29, 0.717) is 11.5 Å². The van der Waals surface area contributed by atoms with Gasteiger partial charge in [0.05, 0.1) is 16.4 Å². The van der Waals surface area contributed by atoms with Gasteiger partial charge in [-0.2, -0.15) is 0 Å². The molecule has 1 unspecified atom stereocenters. The van der Waals surface area contributed by atoms with Gasteiger partial charge in [0.2, 0.25) is 9.84 Å². The lowest BCUT2D eigenvalue weighted by Crippen LogP contribution is -2.32. The molecule has 5 nitrogen and oxygen atoms in total. The predicted octanol–water partition coefficient (Wildman–Crippen LogP) is 1.65. The maximum absolute atomic E-state index is 12.5. The lowest BCUT2D eigenvalue weighted by atomic mass is 10.2. The van der Waals surface area contributed by atoms with Gasteiger partial charge in [0.25, 0.3) is 0 Å². The molecule has 1 aliphatic rings. The summed E-state index contributed by atoms with van der Waals surface area (Å²) in [6, 6.07) is 12.7. The first-order chi connectivity index (χ1) is 10.1. The van der Waals surface area contributed by atoms with Gasteiger partial charge in [0.15, 0.2) is 17.6 Å². The van der Waals surface area contributed by atoms with Gasteiger partial charge in [-0.25, -0.2) is 8.42 Å². The van der Waals surface area contributed by atoms with Crippen LogP contribution < -0.4 is 9.47 Å². The molecule has 0 radical (unpaired) electrons. The number of fused-ring (bicyclic) bond motifs is 1. The smallest absolute Gasteiger partial charge is 0.206 e. The molecule has 1 heterocycles. The average Bonchev–Trinajstić information content (AvgIpc) is 2.54. The van der Waals surface area contributed by atoms with E-state index in [1.54, 1.807) is 36.4 Å². The fourth-order valence-electron chi connectivity index (χ4n) is 2.09. The molecule has 3 rings (SSSR count). The van der Waals surface area contributed by atoms with Crippen molar-refractivity contribution in [3.8, 4) is 11.5 Å². The van der Waals surface area contributed by atoms with Crippen LogP contribution >= 0.6 is 0 Å². The van der Waals surface area contributed by atoms with Crippen molar-refractivity contribution >= 4 is 9.84 Å². The SMILES string of the molecule is O=S(=O)(c1ccccc1)c1ccc2c(c1)OC(CO)CO2. The van der Waals surface area contributed by atoms with Crippen molar-refractivity contribution in [3.63, 3.8) is 0 Å². The number of sulfone groups is 1. The van der Waals surface area contributed by atoms with Crippen LogP contribution in [0.15, 0.2) is 58.3 Å². The summed E-state index contributed by atoms with van der Waals surface area (Å²) < 4.78 is 36.0. The summed E-state index contributed by atoms with van der Waals surface area (Å²) in [6.07, 6.45) is -0.479. The second-order valence-electron chi connectivity index (χ2n) is 4.66. The second-order valence-corrected chi connectivity index (χ2v) is 6.61. The Bertz CT molecular complexity index is 740. The van der Waals surface area contributed by atoms with Crippen molar-refractivity contribution < 1.29 is 23.0 Å². The van der Waals surface area contributed by atoms with E-state index in [-0.39, 0.29) is 23.0 Å². The van der Waals surface area contributed by atoms with E-state index in [1.807, 2.05) is 0 Å². The van der Waals surface area contributed by atoms with Gasteiger partial charge in [-0.15, -0.1) is 0 Å². The number of benzene rings is 2. The molecule has 21 heavy (non-hydrogen) atoms. The highest BCUT2D eigenvalue weighted by atomic mass is 32.2. The molecule has 0 bridgehead atoms. The first-order valence-electron chi connectivity index (χ1n) is 6.46. The molecule has 0 spiro atoms. The number of aliphatic hydroxyl groups is 1. The third kappa shape index (κ3) is 2.59. The average molecular weight is 306 g/mol. The Morgan fingerprint density at radius 1 is 1.05 bits per heavy atom. The lowest BCUT2D eigenvalue weighted by Gasteiger charge is -2.25. The van der Waals surface area contributed by atoms with Crippen molar-refractivity contribution in [3.05, 3.63) is 48.5 Å². The fourth-order valence-corrected chi connectivity index (χ4v) is 3.39. The van der Waals surface area contributed by atoms with Crippen molar-refractivity contribution in [1.82, 2.24) is 0 Å². The van der Waals surface area contributed by atoms with Crippen molar-refractivity contribution in [2.24, 2.45) is 0 Å². The van der Waals surface area contributed by atoms with Gasteiger partial charge in [0.1, 0.15) is 6.61 Å². The second kappa shape index (κ2) is 5.38. The minimum Gasteiger partial charge on any atom is -0.486 e. The normalized spacial score (nSPS) is 17.5. The number of rotatable bonds is 3. The topological polar surface area (TPSA) is 72.8 Å². The zero-order valence-corrected chi connectivity index (χ0v) is 11.9. The molecule has 110 valence electrons. The monoisotopic (exact) mass is 306 g/mol. The third-order valence-corrected chi connectivity index (χ3v) is 4.97. The van der Waals surface area contributed by atoms with Crippen molar-refractivity contribution in [2.75, 3.05) is 13.2 Å². The first kappa shape index (κ1) is 13.9. The van der Waals surface area contributed by atoms with Crippen LogP contribution in [0.1, 0.15) is 0 Å². The summed E-state index contributed by atoms with van der Waals surface area (Å²) in [5.74, 6) is 0.809. The summed E-state index contributed by atoms with van der Waals surface area (Å²) in [7, 11) is -3.59. The Hall–Kier alpha value is -2.05. The van der Waals surface area contributed by atoms with E-state index < -0.39 is 15.9 Å². The number of hydrogen-bond donors (Lipinski definition) is 1. The molecule has 1 aliphatic heterocycles. The number of hydrogen-bond acceptors (Lipinski definition) is 5. The maximum atomic E-state index is 12.5.